The normalized spacial score (nSPS) is 10.1. The quantitative estimate of drug-likeness (QED) is 0.452. The Hall–Kier alpha value is -1.43. The first-order chi connectivity index (χ1) is 8.63. The van der Waals surface area contributed by atoms with Crippen molar-refractivity contribution in [1.82, 2.24) is 4.98 Å². The van der Waals surface area contributed by atoms with Crippen molar-refractivity contribution < 1.29 is 19.4 Å². The van der Waals surface area contributed by atoms with Crippen LogP contribution in [0.3, 0.4) is 0 Å². The standard InChI is InChI=1S/C12H17NO4S/c1-3-4-5-6-11(14)16-17-12(15)7-10-9(2)13-8-18-10/h8H,3-7H2,1-2H3. The fraction of sp³-hybridized carbons (Fsp3) is 0.583. The van der Waals surface area contributed by atoms with Gasteiger partial charge in [0.05, 0.1) is 24.0 Å². The van der Waals surface area contributed by atoms with E-state index >= 15 is 0 Å². The van der Waals surface area contributed by atoms with Gasteiger partial charge in [-0.25, -0.2) is 24.3 Å². The lowest BCUT2D eigenvalue weighted by molar-refractivity contribution is -0.258. The minimum absolute atomic E-state index is 0.0821. The van der Waals surface area contributed by atoms with Crippen molar-refractivity contribution in [2.45, 2.75) is 46.0 Å². The second-order valence-electron chi connectivity index (χ2n) is 3.91. The highest BCUT2D eigenvalue weighted by atomic mass is 32.1. The van der Waals surface area contributed by atoms with Crippen LogP contribution in [-0.2, 0) is 25.8 Å². The van der Waals surface area contributed by atoms with Crippen LogP contribution >= 0.6 is 11.3 Å². The van der Waals surface area contributed by atoms with E-state index in [1.54, 1.807) is 5.51 Å². The highest BCUT2D eigenvalue weighted by Gasteiger charge is 2.13. The van der Waals surface area contributed by atoms with Gasteiger partial charge in [0.25, 0.3) is 0 Å². The first-order valence-electron chi connectivity index (χ1n) is 5.92. The lowest BCUT2D eigenvalue weighted by atomic mass is 10.2. The van der Waals surface area contributed by atoms with Gasteiger partial charge >= 0.3 is 11.9 Å². The van der Waals surface area contributed by atoms with Crippen LogP contribution in [-0.4, -0.2) is 16.9 Å². The smallest absolute Gasteiger partial charge is 0.250 e. The van der Waals surface area contributed by atoms with Gasteiger partial charge in [-0.1, -0.05) is 19.8 Å². The molecule has 18 heavy (non-hydrogen) atoms. The third kappa shape index (κ3) is 5.27. The maximum Gasteiger partial charge on any atom is 0.360 e. The summed E-state index contributed by atoms with van der Waals surface area (Å²) in [5.41, 5.74) is 2.46. The molecule has 0 saturated heterocycles. The molecular weight excluding hydrogens is 254 g/mol. The zero-order valence-electron chi connectivity index (χ0n) is 10.6. The van der Waals surface area contributed by atoms with Crippen molar-refractivity contribution in [3.63, 3.8) is 0 Å². The SMILES string of the molecule is CCCCCC(=O)OOC(=O)Cc1scnc1C. The molecule has 0 aliphatic rings. The largest absolute Gasteiger partial charge is 0.360 e. The fourth-order valence-corrected chi connectivity index (χ4v) is 2.07. The number of hydrogen-bond donors (Lipinski definition) is 0. The molecule has 0 spiro atoms. The summed E-state index contributed by atoms with van der Waals surface area (Å²) in [4.78, 5) is 36.3. The predicted octanol–water partition coefficient (Wildman–Crippen LogP) is 2.58. The molecular formula is C12H17NO4S. The minimum Gasteiger partial charge on any atom is -0.250 e. The van der Waals surface area contributed by atoms with E-state index in [4.69, 9.17) is 0 Å². The van der Waals surface area contributed by atoms with Gasteiger partial charge in [-0.2, -0.15) is 0 Å². The zero-order valence-corrected chi connectivity index (χ0v) is 11.4. The summed E-state index contributed by atoms with van der Waals surface area (Å²) in [5, 5.41) is 0. The lowest BCUT2D eigenvalue weighted by Crippen LogP contribution is -2.13. The second kappa shape index (κ2) is 7.81. The molecule has 0 atom stereocenters. The van der Waals surface area contributed by atoms with Gasteiger partial charge in [0.15, 0.2) is 0 Å². The Morgan fingerprint density at radius 2 is 2.00 bits per heavy atom. The maximum atomic E-state index is 11.4. The van der Waals surface area contributed by atoms with Gasteiger partial charge in [0.1, 0.15) is 0 Å². The van der Waals surface area contributed by atoms with Crippen molar-refractivity contribution >= 4 is 23.3 Å². The number of hydrogen-bond acceptors (Lipinski definition) is 6. The highest BCUT2D eigenvalue weighted by Crippen LogP contribution is 2.13. The van der Waals surface area contributed by atoms with Crippen LogP contribution in [0.2, 0.25) is 0 Å². The number of carbonyl (C=O) groups is 2. The summed E-state index contributed by atoms with van der Waals surface area (Å²) >= 11 is 1.38. The Morgan fingerprint density at radius 1 is 1.28 bits per heavy atom. The summed E-state index contributed by atoms with van der Waals surface area (Å²) in [6, 6.07) is 0. The van der Waals surface area contributed by atoms with Crippen LogP contribution < -0.4 is 0 Å². The van der Waals surface area contributed by atoms with Crippen LogP contribution in [0.15, 0.2) is 5.51 Å². The van der Waals surface area contributed by atoms with Crippen LogP contribution in [0.4, 0.5) is 0 Å². The topological polar surface area (TPSA) is 65.5 Å². The molecule has 0 aliphatic heterocycles. The molecule has 0 bridgehead atoms. The van der Waals surface area contributed by atoms with Crippen LogP contribution in [0.1, 0.15) is 43.2 Å². The highest BCUT2D eigenvalue weighted by molar-refractivity contribution is 7.09. The van der Waals surface area contributed by atoms with Gasteiger partial charge in [-0.15, -0.1) is 11.3 Å². The molecule has 1 aromatic rings. The van der Waals surface area contributed by atoms with E-state index in [1.807, 2.05) is 13.8 Å². The third-order valence-electron chi connectivity index (χ3n) is 2.36. The van der Waals surface area contributed by atoms with Crippen molar-refractivity contribution in [2.24, 2.45) is 0 Å². The molecule has 0 aliphatic carbocycles. The van der Waals surface area contributed by atoms with Gasteiger partial charge in [0.2, 0.25) is 0 Å². The van der Waals surface area contributed by atoms with Crippen LogP contribution in [0.25, 0.3) is 0 Å². The molecule has 0 fully saturated rings. The molecule has 6 heteroatoms. The Kier molecular flexibility index (Phi) is 6.35. The molecule has 1 rings (SSSR count). The van der Waals surface area contributed by atoms with Crippen molar-refractivity contribution in [3.05, 3.63) is 16.1 Å². The first-order valence-corrected chi connectivity index (χ1v) is 6.80. The van der Waals surface area contributed by atoms with Crippen LogP contribution in [0, 0.1) is 6.92 Å². The van der Waals surface area contributed by atoms with Crippen molar-refractivity contribution in [2.75, 3.05) is 0 Å². The Morgan fingerprint density at radius 3 is 2.61 bits per heavy atom. The number of unbranched alkanes of at least 4 members (excludes halogenated alkanes) is 2. The van der Waals surface area contributed by atoms with E-state index in [-0.39, 0.29) is 12.8 Å². The lowest BCUT2D eigenvalue weighted by Gasteiger charge is -2.02. The summed E-state index contributed by atoms with van der Waals surface area (Å²) in [6.07, 6.45) is 3.10. The number of rotatable bonds is 6. The van der Waals surface area contributed by atoms with E-state index in [1.165, 1.54) is 11.3 Å². The monoisotopic (exact) mass is 271 g/mol. The van der Waals surface area contributed by atoms with E-state index < -0.39 is 11.9 Å². The fourth-order valence-electron chi connectivity index (χ4n) is 1.31. The minimum atomic E-state index is -0.578. The van der Waals surface area contributed by atoms with E-state index in [9.17, 15) is 9.59 Å². The molecule has 5 nitrogen and oxygen atoms in total. The summed E-state index contributed by atoms with van der Waals surface area (Å²) < 4.78 is 0. The number of aromatic nitrogens is 1. The molecule has 1 heterocycles. The number of nitrogens with zero attached hydrogens (tertiary/aromatic N) is 1. The molecule has 100 valence electrons. The van der Waals surface area contributed by atoms with E-state index in [0.717, 1.165) is 29.8 Å². The first kappa shape index (κ1) is 14.6. The van der Waals surface area contributed by atoms with Crippen molar-refractivity contribution in [1.29, 1.82) is 0 Å². The van der Waals surface area contributed by atoms with E-state index in [2.05, 4.69) is 14.8 Å². The van der Waals surface area contributed by atoms with Gasteiger partial charge in [-0.05, 0) is 13.3 Å². The maximum absolute atomic E-state index is 11.4. The number of carbonyl (C=O) groups excluding carboxylic acids is 2. The molecule has 0 saturated carbocycles. The molecule has 1 aromatic heterocycles. The summed E-state index contributed by atoms with van der Waals surface area (Å²) in [6.45, 7) is 3.86. The summed E-state index contributed by atoms with van der Waals surface area (Å²) in [5.74, 6) is -1.08. The zero-order chi connectivity index (χ0) is 13.4. The van der Waals surface area contributed by atoms with Gasteiger partial charge in [-0.3, -0.25) is 0 Å². The second-order valence-corrected chi connectivity index (χ2v) is 4.84. The van der Waals surface area contributed by atoms with Crippen molar-refractivity contribution in [3.8, 4) is 0 Å². The Balaban J connectivity index is 2.21. The average Bonchev–Trinajstić information content (AvgIpc) is 2.73. The number of thiazole rings is 1. The van der Waals surface area contributed by atoms with Crippen LogP contribution in [0.5, 0.6) is 0 Å². The van der Waals surface area contributed by atoms with E-state index in [0.29, 0.717) is 0 Å². The molecule has 0 N–H and O–H groups in total. The Labute approximate surface area is 110 Å². The third-order valence-corrected chi connectivity index (χ3v) is 3.30. The molecule has 0 radical (unpaired) electrons. The number of aryl methyl sites for hydroxylation is 1. The predicted molar refractivity (Wildman–Crippen MR) is 66.9 cm³/mol. The van der Waals surface area contributed by atoms with Gasteiger partial charge < -0.3 is 0 Å². The average molecular weight is 271 g/mol. The molecule has 0 unspecified atom stereocenters. The molecule has 0 amide bonds. The molecule has 0 aromatic carbocycles. The van der Waals surface area contributed by atoms with Gasteiger partial charge in [0, 0.05) is 4.88 Å². The summed E-state index contributed by atoms with van der Waals surface area (Å²) in [7, 11) is 0. The Bertz CT molecular complexity index is 403.